The predicted octanol–water partition coefficient (Wildman–Crippen LogP) is -0.754. The zero-order valence-corrected chi connectivity index (χ0v) is 22.6. The minimum Gasteiger partial charge on any atom is -0.401 e. The fourth-order valence-electron chi connectivity index (χ4n) is 3.94. The maximum Gasteiger partial charge on any atom is 0.536 e. The van der Waals surface area contributed by atoms with E-state index in [1.165, 1.54) is 4.57 Å². The molecule has 25 heteroatoms. The molecule has 0 bridgehead atoms. The molecule has 9 N–H and O–H groups in total. The van der Waals surface area contributed by atoms with Crippen LogP contribution in [0.3, 0.4) is 0 Å². The van der Waals surface area contributed by atoms with Crippen molar-refractivity contribution in [1.82, 2.24) is 9.55 Å². The van der Waals surface area contributed by atoms with Crippen LogP contribution in [0.15, 0.2) is 29.5 Å². The van der Waals surface area contributed by atoms with Crippen LogP contribution < -0.4 is 15.2 Å². The lowest BCUT2D eigenvalue weighted by Gasteiger charge is -2.30. The van der Waals surface area contributed by atoms with Crippen molar-refractivity contribution < 1.29 is 71.4 Å². The number of nitrogens with two attached hydrogens (primary N) is 1. The van der Waals surface area contributed by atoms with E-state index < -0.39 is 82.8 Å². The number of nitro groups is 1. The highest BCUT2D eigenvalue weighted by Gasteiger charge is 2.46. The molecule has 22 nitrogen and oxygen atoms in total. The van der Waals surface area contributed by atoms with Crippen molar-refractivity contribution >= 4 is 47.0 Å². The summed E-state index contributed by atoms with van der Waals surface area (Å²) in [6.07, 6.45) is -4.76. The molecule has 2 aromatic rings. The summed E-state index contributed by atoms with van der Waals surface area (Å²) in [4.78, 5) is 56.7. The van der Waals surface area contributed by atoms with Crippen molar-refractivity contribution in [2.24, 2.45) is 10.7 Å². The number of ether oxygens (including phenoxy) is 1. The van der Waals surface area contributed by atoms with Crippen LogP contribution in [-0.4, -0.2) is 80.6 Å². The number of hydrogen-bond donors (Lipinski definition) is 8. The number of fused-ring (bicyclic) bond motifs is 1. The van der Waals surface area contributed by atoms with Crippen molar-refractivity contribution in [1.29, 1.82) is 0 Å². The third-order valence-electron chi connectivity index (χ3n) is 5.53. The Hall–Kier alpha value is -2.65. The van der Waals surface area contributed by atoms with Gasteiger partial charge in [0.05, 0.1) is 24.2 Å². The van der Waals surface area contributed by atoms with Gasteiger partial charge in [0, 0.05) is 6.07 Å². The molecule has 2 aliphatic heterocycles. The molecule has 4 rings (SSSR count). The summed E-state index contributed by atoms with van der Waals surface area (Å²) in [6, 6.07) is 2.83. The van der Waals surface area contributed by atoms with Crippen molar-refractivity contribution in [2.75, 3.05) is 11.5 Å². The molecule has 1 saturated heterocycles. The van der Waals surface area contributed by atoms with Gasteiger partial charge in [-0.15, -0.1) is 0 Å². The molecule has 0 amide bonds. The minimum atomic E-state index is -5.91. The highest BCUT2D eigenvalue weighted by Crippen LogP contribution is 2.66. The number of hydrogen-bond acceptors (Lipinski definition) is 16. The summed E-state index contributed by atoms with van der Waals surface area (Å²) in [5.41, 5.74) is 4.76. The second kappa shape index (κ2) is 11.2. The molecule has 3 heterocycles. The maximum absolute atomic E-state index is 12.4. The Morgan fingerprint density at radius 1 is 1.10 bits per heavy atom. The van der Waals surface area contributed by atoms with Crippen LogP contribution in [0.25, 0.3) is 0 Å². The number of imidazole rings is 1. The number of phosphoric ester groups is 1. The number of phosphoric acid groups is 3. The van der Waals surface area contributed by atoms with E-state index >= 15 is 0 Å². The second-order valence-corrected chi connectivity index (χ2v) is 12.6. The highest BCUT2D eigenvalue weighted by atomic mass is 31.3. The predicted molar refractivity (Wildman–Crippen MR) is 130 cm³/mol. The zero-order valence-electron chi connectivity index (χ0n) is 19.9. The molecule has 226 valence electrons. The van der Waals surface area contributed by atoms with Gasteiger partial charge in [0.25, 0.3) is 5.69 Å². The van der Waals surface area contributed by atoms with Gasteiger partial charge in [-0.3, -0.25) is 19.6 Å². The number of anilines is 1. The monoisotopic (exact) mass is 646 g/mol. The second-order valence-electron chi connectivity index (χ2n) is 8.25. The van der Waals surface area contributed by atoms with Gasteiger partial charge in [0.15, 0.2) is 23.5 Å². The van der Waals surface area contributed by atoms with E-state index in [4.69, 9.17) is 24.8 Å². The molecule has 5 unspecified atom stereocenters. The molecule has 2 aliphatic rings. The van der Waals surface area contributed by atoms with Gasteiger partial charge in [-0.2, -0.15) is 8.62 Å². The summed E-state index contributed by atoms with van der Waals surface area (Å²) in [5.74, 6) is -0.869. The molecule has 0 aliphatic carbocycles. The quantitative estimate of drug-likeness (QED) is 0.0893. The average molecular weight is 646 g/mol. The van der Waals surface area contributed by atoms with Crippen molar-refractivity contribution in [2.45, 2.75) is 30.7 Å². The smallest absolute Gasteiger partial charge is 0.401 e. The first-order valence-corrected chi connectivity index (χ1v) is 15.3. The van der Waals surface area contributed by atoms with Crippen molar-refractivity contribution in [3.63, 3.8) is 0 Å². The number of aromatic nitrogens is 2. The number of nitrogens with zero attached hydrogens (tertiary/aromatic N) is 5. The van der Waals surface area contributed by atoms with Crippen LogP contribution in [0.4, 0.5) is 17.2 Å². The fraction of sp³-hybridized carbons (Fsp3) is 0.375. The summed E-state index contributed by atoms with van der Waals surface area (Å²) >= 11 is 0. The Bertz CT molecular complexity index is 1510. The number of para-hydroxylation sites is 1. The van der Waals surface area contributed by atoms with E-state index in [2.05, 4.69) is 18.6 Å². The topological polar surface area (TPSA) is 332 Å². The standard InChI is InChI=1S/C16H21N6O16P3/c17-14-10-15(21(5-18-10)16-13(25)12(24)9(4-23)35-16)19-6-20(14)11-7(22(26)27)2-1-3-8(11)36-40(31,32)38-41(33,34)37-39(28,29)30/h1-3,5-6,9,12-14,16,23-25H,4,17H2,(H,31,32)(H,33,34)(H2,28,29,30)/t9-,12?,13?,14?,16-/m1/s1. The third kappa shape index (κ3) is 6.56. The Morgan fingerprint density at radius 2 is 1.78 bits per heavy atom. The van der Waals surface area contributed by atoms with Crippen LogP contribution in [0.5, 0.6) is 5.75 Å². The van der Waals surface area contributed by atoms with E-state index in [1.54, 1.807) is 0 Å². The van der Waals surface area contributed by atoms with Crippen LogP contribution in [0, 0.1) is 10.1 Å². The van der Waals surface area contributed by atoms with Crippen LogP contribution >= 0.6 is 23.5 Å². The summed E-state index contributed by atoms with van der Waals surface area (Å²) in [6.45, 7) is -0.613. The lowest BCUT2D eigenvalue weighted by Crippen LogP contribution is -2.37. The third-order valence-corrected chi connectivity index (χ3v) is 9.29. The number of nitro benzene ring substituents is 1. The summed E-state index contributed by atoms with van der Waals surface area (Å²) in [7, 11) is -17.4. The molecular weight excluding hydrogens is 625 g/mol. The maximum atomic E-state index is 12.4. The Kier molecular flexibility index (Phi) is 8.56. The molecule has 1 aromatic heterocycles. The number of aliphatic hydroxyl groups excluding tert-OH is 3. The molecule has 7 atom stereocenters. The summed E-state index contributed by atoms with van der Waals surface area (Å²) < 4.78 is 53.7. The molecule has 1 aromatic carbocycles. The minimum absolute atomic E-state index is 0.0309. The van der Waals surface area contributed by atoms with E-state index in [0.717, 1.165) is 35.8 Å². The van der Waals surface area contributed by atoms with Crippen molar-refractivity contribution in [3.05, 3.63) is 40.3 Å². The normalized spacial score (nSPS) is 27.2. The van der Waals surface area contributed by atoms with Gasteiger partial charge in [-0.05, 0) is 6.07 Å². The highest BCUT2D eigenvalue weighted by molar-refractivity contribution is 7.66. The lowest BCUT2D eigenvalue weighted by atomic mass is 10.1. The zero-order chi connectivity index (χ0) is 30.5. The van der Waals surface area contributed by atoms with Crippen LogP contribution in [0.1, 0.15) is 18.1 Å². The number of aliphatic hydroxyl groups is 3. The van der Waals surface area contributed by atoms with Gasteiger partial charge in [-0.25, -0.2) is 23.7 Å². The summed E-state index contributed by atoms with van der Waals surface area (Å²) in [5, 5.41) is 41.5. The molecule has 41 heavy (non-hydrogen) atoms. The largest absolute Gasteiger partial charge is 0.536 e. The van der Waals surface area contributed by atoms with Gasteiger partial charge < -0.3 is 49.9 Å². The Balaban J connectivity index is 1.69. The van der Waals surface area contributed by atoms with E-state index in [-0.39, 0.29) is 11.5 Å². The Morgan fingerprint density at radius 3 is 2.37 bits per heavy atom. The van der Waals surface area contributed by atoms with E-state index in [9.17, 15) is 48.9 Å². The SMILES string of the molecule is NC1c2ncn([C@@H]3O[C@H](CO)C(O)C3O)c2N=CN1c1c(OP(=O)(O)OP(=O)(O)OP(=O)(O)O)cccc1[N+](=O)[O-]. The first kappa shape index (κ1) is 31.3. The van der Waals surface area contributed by atoms with Crippen LogP contribution in [0.2, 0.25) is 0 Å². The van der Waals surface area contributed by atoms with Gasteiger partial charge in [-0.1, -0.05) is 6.07 Å². The molecule has 1 fully saturated rings. The van der Waals surface area contributed by atoms with Crippen molar-refractivity contribution in [3.8, 4) is 5.75 Å². The lowest BCUT2D eigenvalue weighted by molar-refractivity contribution is -0.384. The van der Waals surface area contributed by atoms with Gasteiger partial charge in [0.2, 0.25) is 0 Å². The average Bonchev–Trinajstić information content (AvgIpc) is 3.38. The first-order chi connectivity index (χ1) is 18.9. The molecule has 0 saturated carbocycles. The Labute approximate surface area is 227 Å². The molecule has 0 spiro atoms. The first-order valence-electron chi connectivity index (χ1n) is 10.8. The number of benzene rings is 1. The van der Waals surface area contributed by atoms with Gasteiger partial charge >= 0.3 is 23.5 Å². The van der Waals surface area contributed by atoms with E-state index in [1.807, 2.05) is 0 Å². The fourth-order valence-corrected chi connectivity index (χ4v) is 6.97. The van der Waals surface area contributed by atoms with E-state index in [0.29, 0.717) is 0 Å². The number of aliphatic imine (C=N–C) groups is 1. The molecule has 0 radical (unpaired) electrons. The van der Waals surface area contributed by atoms with Gasteiger partial charge in [0.1, 0.15) is 30.2 Å². The molecular formula is C16H21N6O16P3. The number of rotatable bonds is 10. The van der Waals surface area contributed by atoms with Crippen LogP contribution in [-0.2, 0) is 27.1 Å².